The van der Waals surface area contributed by atoms with E-state index in [-0.39, 0.29) is 11.3 Å². The lowest BCUT2D eigenvalue weighted by atomic mass is 9.57. The lowest BCUT2D eigenvalue weighted by Gasteiger charge is -2.47. The molecule has 1 aliphatic carbocycles. The van der Waals surface area contributed by atoms with Crippen molar-refractivity contribution in [3.05, 3.63) is 34.4 Å². The molecule has 23 heavy (non-hydrogen) atoms. The third kappa shape index (κ3) is 3.36. The van der Waals surface area contributed by atoms with Crippen LogP contribution in [0.3, 0.4) is 0 Å². The van der Waals surface area contributed by atoms with Gasteiger partial charge in [0.2, 0.25) is 0 Å². The lowest BCUT2D eigenvalue weighted by Crippen LogP contribution is -2.48. The third-order valence-electron chi connectivity index (χ3n) is 5.61. The smallest absolute Gasteiger partial charge is 0.149 e. The summed E-state index contributed by atoms with van der Waals surface area (Å²) >= 11 is 0. The van der Waals surface area contributed by atoms with Gasteiger partial charge in [-0.1, -0.05) is 24.6 Å². The fraction of sp³-hybridized carbons (Fsp3) is 0.650. The first-order valence-corrected chi connectivity index (χ1v) is 8.80. The molecule has 0 bridgehead atoms. The Morgan fingerprint density at radius 3 is 2.30 bits per heavy atom. The summed E-state index contributed by atoms with van der Waals surface area (Å²) in [5.41, 5.74) is 5.73. The zero-order valence-electron chi connectivity index (χ0n) is 14.9. The second-order valence-corrected chi connectivity index (χ2v) is 7.79. The Balaban J connectivity index is 1.64. The minimum atomic E-state index is 0.174. The largest absolute Gasteiger partial charge is 0.379 e. The van der Waals surface area contributed by atoms with Crippen molar-refractivity contribution < 1.29 is 9.53 Å². The Morgan fingerprint density at radius 1 is 1.17 bits per heavy atom. The average molecular weight is 315 g/mol. The molecule has 0 amide bonds. The predicted octanol–water partition coefficient (Wildman–Crippen LogP) is 3.18. The van der Waals surface area contributed by atoms with Crippen molar-refractivity contribution in [1.82, 2.24) is 4.90 Å². The van der Waals surface area contributed by atoms with Crippen LogP contribution in [0.15, 0.2) is 12.1 Å². The van der Waals surface area contributed by atoms with Crippen LogP contribution in [0.5, 0.6) is 0 Å². The second kappa shape index (κ2) is 6.37. The number of nitrogens with zero attached hydrogens (tertiary/aromatic N) is 1. The molecule has 126 valence electrons. The molecule has 0 unspecified atom stereocenters. The van der Waals surface area contributed by atoms with E-state index in [2.05, 4.69) is 44.7 Å². The highest BCUT2D eigenvalue weighted by atomic mass is 16.5. The van der Waals surface area contributed by atoms with E-state index in [9.17, 15) is 4.79 Å². The van der Waals surface area contributed by atoms with Gasteiger partial charge in [-0.2, -0.15) is 0 Å². The van der Waals surface area contributed by atoms with Crippen LogP contribution in [-0.2, 0) is 14.9 Å². The molecule has 1 heterocycles. The topological polar surface area (TPSA) is 29.5 Å². The number of rotatable bonds is 4. The number of carbonyl (C=O) groups is 1. The van der Waals surface area contributed by atoms with Crippen LogP contribution in [0.2, 0.25) is 0 Å². The number of carbonyl (C=O) groups excluding carboxylic acids is 1. The van der Waals surface area contributed by atoms with E-state index in [0.29, 0.717) is 12.3 Å². The number of benzene rings is 1. The van der Waals surface area contributed by atoms with Crippen LogP contribution in [0.1, 0.15) is 42.0 Å². The van der Waals surface area contributed by atoms with Crippen molar-refractivity contribution in [2.24, 2.45) is 5.92 Å². The number of aryl methyl sites for hydroxylation is 3. The molecule has 3 rings (SSSR count). The molecule has 3 heteroatoms. The molecule has 1 saturated carbocycles. The maximum absolute atomic E-state index is 12.6. The molecule has 2 fully saturated rings. The van der Waals surface area contributed by atoms with Gasteiger partial charge in [-0.15, -0.1) is 0 Å². The fourth-order valence-electron chi connectivity index (χ4n) is 4.70. The lowest BCUT2D eigenvalue weighted by molar-refractivity contribution is -0.129. The first-order valence-electron chi connectivity index (χ1n) is 8.80. The monoisotopic (exact) mass is 315 g/mol. The van der Waals surface area contributed by atoms with Crippen molar-refractivity contribution in [1.29, 1.82) is 0 Å². The van der Waals surface area contributed by atoms with Gasteiger partial charge in [-0.3, -0.25) is 9.69 Å². The first-order chi connectivity index (χ1) is 10.9. The van der Waals surface area contributed by atoms with Crippen LogP contribution in [0.25, 0.3) is 0 Å². The summed E-state index contributed by atoms with van der Waals surface area (Å²) < 4.78 is 5.36. The molecule has 1 saturated heterocycles. The van der Waals surface area contributed by atoms with E-state index in [4.69, 9.17) is 4.74 Å². The van der Waals surface area contributed by atoms with E-state index < -0.39 is 0 Å². The van der Waals surface area contributed by atoms with Crippen LogP contribution in [-0.4, -0.2) is 43.5 Å². The van der Waals surface area contributed by atoms with Gasteiger partial charge in [0.25, 0.3) is 0 Å². The van der Waals surface area contributed by atoms with Crippen LogP contribution in [0.4, 0.5) is 0 Å². The fourth-order valence-corrected chi connectivity index (χ4v) is 4.70. The van der Waals surface area contributed by atoms with E-state index >= 15 is 0 Å². The number of ether oxygens (including phenoxy) is 1. The van der Waals surface area contributed by atoms with Crippen molar-refractivity contribution in [2.75, 3.05) is 32.8 Å². The molecule has 0 atom stereocenters. The van der Waals surface area contributed by atoms with Gasteiger partial charge < -0.3 is 4.74 Å². The molecule has 2 aliphatic rings. The van der Waals surface area contributed by atoms with E-state index in [1.54, 1.807) is 0 Å². The van der Waals surface area contributed by atoms with E-state index in [1.807, 2.05) is 0 Å². The van der Waals surface area contributed by atoms with Crippen molar-refractivity contribution in [2.45, 2.75) is 46.0 Å². The van der Waals surface area contributed by atoms with Gasteiger partial charge in [0.1, 0.15) is 5.78 Å². The Morgan fingerprint density at radius 2 is 1.74 bits per heavy atom. The normalized spacial score (nSPS) is 28.4. The number of ketones is 1. The highest BCUT2D eigenvalue weighted by molar-refractivity contribution is 5.84. The number of hydrogen-bond acceptors (Lipinski definition) is 3. The Hall–Kier alpha value is -1.19. The van der Waals surface area contributed by atoms with Gasteiger partial charge in [-0.05, 0) is 55.7 Å². The van der Waals surface area contributed by atoms with Gasteiger partial charge in [0.15, 0.2) is 0 Å². The maximum atomic E-state index is 12.6. The van der Waals surface area contributed by atoms with Crippen molar-refractivity contribution in [3.63, 3.8) is 0 Å². The van der Waals surface area contributed by atoms with Gasteiger partial charge >= 0.3 is 0 Å². The number of morpholine rings is 1. The van der Waals surface area contributed by atoms with Gasteiger partial charge in [0, 0.05) is 19.0 Å². The maximum Gasteiger partial charge on any atom is 0.149 e. The predicted molar refractivity (Wildman–Crippen MR) is 93.0 cm³/mol. The number of Topliss-reactive ketones (excluding diaryl/α,β-unsaturated/α-hetero) is 1. The molecule has 1 aliphatic heterocycles. The minimum absolute atomic E-state index is 0.174. The zero-order valence-corrected chi connectivity index (χ0v) is 14.9. The summed E-state index contributed by atoms with van der Waals surface area (Å²) in [6, 6.07) is 4.55. The van der Waals surface area contributed by atoms with Gasteiger partial charge in [0.05, 0.1) is 19.8 Å². The summed E-state index contributed by atoms with van der Waals surface area (Å²) in [5.74, 6) is 0.662. The molecular formula is C20H29NO2. The van der Waals surface area contributed by atoms with Crippen molar-refractivity contribution in [3.8, 4) is 0 Å². The van der Waals surface area contributed by atoms with Crippen molar-refractivity contribution >= 4 is 5.78 Å². The molecule has 1 aromatic rings. The van der Waals surface area contributed by atoms with E-state index in [1.165, 1.54) is 22.3 Å². The van der Waals surface area contributed by atoms with Crippen LogP contribution < -0.4 is 0 Å². The minimum Gasteiger partial charge on any atom is -0.379 e. The molecule has 1 aromatic carbocycles. The quantitative estimate of drug-likeness (QED) is 0.854. The standard InChI is InChI=1S/C20H29NO2/c1-14-9-15(2)19(16(3)10-14)20(4)11-17(12-20)18(22)13-21-5-7-23-8-6-21/h9-10,17H,5-8,11-13H2,1-4H3. The highest BCUT2D eigenvalue weighted by Crippen LogP contribution is 2.50. The summed E-state index contributed by atoms with van der Waals surface area (Å²) in [6.07, 6.45) is 2.00. The molecule has 0 aromatic heterocycles. The number of hydrogen-bond donors (Lipinski definition) is 0. The average Bonchev–Trinajstić information content (AvgIpc) is 2.44. The van der Waals surface area contributed by atoms with Crippen LogP contribution in [0, 0.1) is 26.7 Å². The highest BCUT2D eigenvalue weighted by Gasteiger charge is 2.46. The Kier molecular flexibility index (Phi) is 4.61. The molecule has 0 N–H and O–H groups in total. The molecule has 0 spiro atoms. The van der Waals surface area contributed by atoms with E-state index in [0.717, 1.165) is 39.1 Å². The molecule has 3 nitrogen and oxygen atoms in total. The zero-order chi connectivity index (χ0) is 16.6. The summed E-state index contributed by atoms with van der Waals surface area (Å²) in [6.45, 7) is 12.8. The second-order valence-electron chi connectivity index (χ2n) is 7.79. The molecular weight excluding hydrogens is 286 g/mol. The van der Waals surface area contributed by atoms with Crippen LogP contribution >= 0.6 is 0 Å². The van der Waals surface area contributed by atoms with Gasteiger partial charge in [-0.25, -0.2) is 0 Å². The summed E-state index contributed by atoms with van der Waals surface area (Å²) in [5, 5.41) is 0. The Bertz CT molecular complexity index is 573. The Labute approximate surface area is 140 Å². The molecule has 0 radical (unpaired) electrons. The summed E-state index contributed by atoms with van der Waals surface area (Å²) in [4.78, 5) is 14.8. The SMILES string of the molecule is Cc1cc(C)c(C2(C)CC(C(=O)CN3CCOCC3)C2)c(C)c1. The summed E-state index contributed by atoms with van der Waals surface area (Å²) in [7, 11) is 0. The first kappa shape index (κ1) is 16.7. The third-order valence-corrected chi connectivity index (χ3v) is 5.61.